The Morgan fingerprint density at radius 2 is 1.96 bits per heavy atom. The second-order valence-corrected chi connectivity index (χ2v) is 7.24. The number of carbonyl (C=O) groups excluding carboxylic acids is 2. The highest BCUT2D eigenvalue weighted by Gasteiger charge is 2.17. The molecule has 0 saturated carbocycles. The molecule has 0 spiro atoms. The largest absolute Gasteiger partial charge is 0.344 e. The molecule has 2 rings (SSSR count). The van der Waals surface area contributed by atoms with Gasteiger partial charge in [-0.2, -0.15) is 0 Å². The van der Waals surface area contributed by atoms with Gasteiger partial charge in [-0.3, -0.25) is 4.79 Å². The van der Waals surface area contributed by atoms with Gasteiger partial charge in [-0.25, -0.2) is 9.78 Å². The number of urea groups is 1. The standard InChI is InChI=1S/C19H26N4O2S/c1-5-23(4)18(24)13(2)21-19(25)20-11-10-15-6-8-16(9-7-15)17-12-26-14(3)22-17/h6-9,12-13H,5,10-11H2,1-4H3,(H2,20,21,25). The lowest BCUT2D eigenvalue weighted by molar-refractivity contribution is -0.131. The van der Waals surface area contributed by atoms with Crippen molar-refractivity contribution in [3.05, 3.63) is 40.2 Å². The van der Waals surface area contributed by atoms with Crippen molar-refractivity contribution in [1.29, 1.82) is 0 Å². The molecule has 1 atom stereocenters. The van der Waals surface area contributed by atoms with E-state index >= 15 is 0 Å². The highest BCUT2D eigenvalue weighted by atomic mass is 32.1. The minimum absolute atomic E-state index is 0.101. The molecule has 0 saturated heterocycles. The molecular weight excluding hydrogens is 348 g/mol. The number of benzene rings is 1. The third kappa shape index (κ3) is 5.56. The summed E-state index contributed by atoms with van der Waals surface area (Å²) >= 11 is 1.64. The Morgan fingerprint density at radius 1 is 1.27 bits per heavy atom. The van der Waals surface area contributed by atoms with Gasteiger partial charge in [0.15, 0.2) is 0 Å². The number of nitrogens with zero attached hydrogens (tertiary/aromatic N) is 2. The molecule has 0 bridgehead atoms. The van der Waals surface area contributed by atoms with Crippen LogP contribution in [0, 0.1) is 6.92 Å². The molecule has 140 valence electrons. The lowest BCUT2D eigenvalue weighted by atomic mass is 10.1. The van der Waals surface area contributed by atoms with Gasteiger partial charge in [0, 0.05) is 31.1 Å². The number of carbonyl (C=O) groups is 2. The topological polar surface area (TPSA) is 74.3 Å². The van der Waals surface area contributed by atoms with Crippen LogP contribution in [0.3, 0.4) is 0 Å². The Morgan fingerprint density at radius 3 is 2.54 bits per heavy atom. The average Bonchev–Trinajstić information content (AvgIpc) is 3.07. The van der Waals surface area contributed by atoms with Crippen molar-refractivity contribution < 1.29 is 9.59 Å². The van der Waals surface area contributed by atoms with Crippen LogP contribution in [0.1, 0.15) is 24.4 Å². The van der Waals surface area contributed by atoms with Crippen molar-refractivity contribution in [2.75, 3.05) is 20.1 Å². The molecule has 1 aromatic heterocycles. The van der Waals surface area contributed by atoms with Crippen molar-refractivity contribution in [1.82, 2.24) is 20.5 Å². The molecule has 0 aliphatic rings. The Hall–Kier alpha value is -2.41. The van der Waals surface area contributed by atoms with E-state index in [1.54, 1.807) is 30.2 Å². The lowest BCUT2D eigenvalue weighted by Gasteiger charge is -2.20. The third-order valence-corrected chi connectivity index (χ3v) is 4.91. The zero-order valence-electron chi connectivity index (χ0n) is 15.7. The number of thiazole rings is 1. The van der Waals surface area contributed by atoms with Gasteiger partial charge >= 0.3 is 6.03 Å². The first-order valence-corrected chi connectivity index (χ1v) is 9.59. The summed E-state index contributed by atoms with van der Waals surface area (Å²) < 4.78 is 0. The van der Waals surface area contributed by atoms with Crippen LogP contribution in [-0.2, 0) is 11.2 Å². The predicted molar refractivity (Wildman–Crippen MR) is 105 cm³/mol. The van der Waals surface area contributed by atoms with Gasteiger partial charge in [-0.1, -0.05) is 24.3 Å². The number of aromatic nitrogens is 1. The van der Waals surface area contributed by atoms with Crippen LogP contribution in [0.5, 0.6) is 0 Å². The lowest BCUT2D eigenvalue weighted by Crippen LogP contribution is -2.49. The zero-order chi connectivity index (χ0) is 19.1. The van der Waals surface area contributed by atoms with Crippen molar-refractivity contribution in [3.8, 4) is 11.3 Å². The van der Waals surface area contributed by atoms with Gasteiger partial charge in [-0.15, -0.1) is 11.3 Å². The Balaban J connectivity index is 1.77. The first-order chi connectivity index (χ1) is 12.4. The SMILES string of the molecule is CCN(C)C(=O)C(C)NC(=O)NCCc1ccc(-c2csc(C)n2)cc1. The van der Waals surface area contributed by atoms with E-state index in [4.69, 9.17) is 0 Å². The molecule has 7 heteroatoms. The molecule has 1 aromatic carbocycles. The van der Waals surface area contributed by atoms with Gasteiger partial charge in [0.05, 0.1) is 10.7 Å². The quantitative estimate of drug-likeness (QED) is 0.783. The van der Waals surface area contributed by atoms with E-state index < -0.39 is 6.04 Å². The van der Waals surface area contributed by atoms with Gasteiger partial charge in [0.1, 0.15) is 6.04 Å². The van der Waals surface area contributed by atoms with E-state index in [1.165, 1.54) is 0 Å². The Labute approximate surface area is 158 Å². The molecule has 2 aromatic rings. The van der Waals surface area contributed by atoms with Gasteiger partial charge < -0.3 is 15.5 Å². The maximum atomic E-state index is 11.9. The van der Waals surface area contributed by atoms with E-state index in [0.29, 0.717) is 13.1 Å². The zero-order valence-corrected chi connectivity index (χ0v) is 16.5. The van der Waals surface area contributed by atoms with Gasteiger partial charge in [0.2, 0.25) is 5.91 Å². The molecule has 26 heavy (non-hydrogen) atoms. The minimum Gasteiger partial charge on any atom is -0.344 e. The number of amides is 3. The van der Waals surface area contributed by atoms with Crippen molar-refractivity contribution >= 4 is 23.3 Å². The molecule has 0 aliphatic carbocycles. The van der Waals surface area contributed by atoms with Crippen LogP contribution in [0.15, 0.2) is 29.6 Å². The molecule has 0 fully saturated rings. The van der Waals surface area contributed by atoms with Crippen LogP contribution >= 0.6 is 11.3 Å². The number of aryl methyl sites for hydroxylation is 1. The first kappa shape index (κ1) is 19.9. The average molecular weight is 375 g/mol. The summed E-state index contributed by atoms with van der Waals surface area (Å²) in [6, 6.07) is 7.32. The van der Waals surface area contributed by atoms with Crippen molar-refractivity contribution in [3.63, 3.8) is 0 Å². The number of nitrogens with one attached hydrogen (secondary N) is 2. The molecule has 1 heterocycles. The van der Waals surface area contributed by atoms with Crippen LogP contribution in [-0.4, -0.2) is 48.0 Å². The first-order valence-electron chi connectivity index (χ1n) is 8.71. The molecular formula is C19H26N4O2S. The van der Waals surface area contributed by atoms with E-state index in [1.807, 2.05) is 38.1 Å². The second kappa shape index (κ2) is 9.33. The summed E-state index contributed by atoms with van der Waals surface area (Å²) in [5.41, 5.74) is 3.22. The third-order valence-electron chi connectivity index (χ3n) is 4.14. The molecule has 6 nitrogen and oxygen atoms in total. The monoisotopic (exact) mass is 374 g/mol. The summed E-state index contributed by atoms with van der Waals surface area (Å²) in [6.45, 7) is 6.70. The van der Waals surface area contributed by atoms with Crippen LogP contribution < -0.4 is 10.6 Å². The fraction of sp³-hybridized carbons (Fsp3) is 0.421. The number of rotatable bonds is 7. The van der Waals surface area contributed by atoms with Gasteiger partial charge in [0.25, 0.3) is 0 Å². The molecule has 1 unspecified atom stereocenters. The Bertz CT molecular complexity index is 742. The minimum atomic E-state index is -0.541. The molecule has 2 N–H and O–H groups in total. The van der Waals surface area contributed by atoms with E-state index in [9.17, 15) is 9.59 Å². The summed E-state index contributed by atoms with van der Waals surface area (Å²) in [6.07, 6.45) is 0.723. The molecule has 0 radical (unpaired) electrons. The summed E-state index contributed by atoms with van der Waals surface area (Å²) in [4.78, 5) is 29.9. The van der Waals surface area contributed by atoms with Crippen LogP contribution in [0.4, 0.5) is 4.79 Å². The summed E-state index contributed by atoms with van der Waals surface area (Å²) in [5.74, 6) is -0.101. The highest BCUT2D eigenvalue weighted by Crippen LogP contribution is 2.21. The fourth-order valence-corrected chi connectivity index (χ4v) is 3.08. The van der Waals surface area contributed by atoms with Crippen molar-refractivity contribution in [2.24, 2.45) is 0 Å². The maximum Gasteiger partial charge on any atom is 0.315 e. The fourth-order valence-electron chi connectivity index (χ4n) is 2.45. The number of hydrogen-bond donors (Lipinski definition) is 2. The van der Waals surface area contributed by atoms with E-state index in [2.05, 4.69) is 21.0 Å². The smallest absolute Gasteiger partial charge is 0.315 e. The maximum absolute atomic E-state index is 11.9. The van der Waals surface area contributed by atoms with E-state index in [0.717, 1.165) is 28.2 Å². The van der Waals surface area contributed by atoms with Gasteiger partial charge in [-0.05, 0) is 32.8 Å². The second-order valence-electron chi connectivity index (χ2n) is 6.17. The number of hydrogen-bond acceptors (Lipinski definition) is 4. The van der Waals surface area contributed by atoms with Crippen LogP contribution in [0.25, 0.3) is 11.3 Å². The highest BCUT2D eigenvalue weighted by molar-refractivity contribution is 7.09. The number of likely N-dealkylation sites (N-methyl/N-ethyl adjacent to an activating group) is 1. The predicted octanol–water partition coefficient (Wildman–Crippen LogP) is 2.83. The van der Waals surface area contributed by atoms with Crippen LogP contribution in [0.2, 0.25) is 0 Å². The molecule has 0 aliphatic heterocycles. The van der Waals surface area contributed by atoms with E-state index in [-0.39, 0.29) is 11.9 Å². The Kier molecular flexibility index (Phi) is 7.15. The van der Waals surface area contributed by atoms with Crippen molar-refractivity contribution in [2.45, 2.75) is 33.2 Å². The normalized spacial score (nSPS) is 11.7. The molecule has 3 amide bonds. The summed E-state index contributed by atoms with van der Waals surface area (Å²) in [7, 11) is 1.72. The summed E-state index contributed by atoms with van der Waals surface area (Å²) in [5, 5.41) is 8.56.